The number of methoxy groups -OCH3 is 1. The molecule has 2 aliphatic rings. The summed E-state index contributed by atoms with van der Waals surface area (Å²) >= 11 is 0. The third kappa shape index (κ3) is 5.20. The van der Waals surface area contributed by atoms with Crippen molar-refractivity contribution in [1.82, 2.24) is 9.88 Å². The van der Waals surface area contributed by atoms with Gasteiger partial charge in [-0.25, -0.2) is 4.98 Å². The maximum absolute atomic E-state index is 11.6. The van der Waals surface area contributed by atoms with Gasteiger partial charge >= 0.3 is 0 Å². The first-order chi connectivity index (χ1) is 17.7. The Bertz CT molecular complexity index is 1220. The lowest BCUT2D eigenvalue weighted by atomic mass is 10.0. The lowest BCUT2D eigenvalue weighted by molar-refractivity contribution is -0.120. The van der Waals surface area contributed by atoms with E-state index in [9.17, 15) is 4.79 Å². The van der Waals surface area contributed by atoms with Gasteiger partial charge in [-0.1, -0.05) is 11.6 Å². The van der Waals surface area contributed by atoms with Gasteiger partial charge in [-0.2, -0.15) is 0 Å². The number of hydrogen-bond acceptors (Lipinski definition) is 8. The van der Waals surface area contributed by atoms with Crippen LogP contribution in [0.3, 0.4) is 0 Å². The number of carbonyl (C=O) groups excluding carboxylic acids is 1. The number of likely N-dealkylation sites (tertiary alicyclic amines) is 1. The van der Waals surface area contributed by atoms with E-state index in [1.165, 1.54) is 12.8 Å². The van der Waals surface area contributed by atoms with Crippen molar-refractivity contribution in [2.24, 2.45) is 0 Å². The van der Waals surface area contributed by atoms with Crippen LogP contribution in [0.25, 0.3) is 21.8 Å². The third-order valence-corrected chi connectivity index (χ3v) is 7.11. The molecule has 8 nitrogen and oxygen atoms in total. The number of nitrogens with one attached hydrogen (secondary N) is 1. The van der Waals surface area contributed by atoms with Gasteiger partial charge in [0.25, 0.3) is 6.47 Å². The molecule has 2 aliphatic heterocycles. The van der Waals surface area contributed by atoms with Gasteiger partial charge in [0.1, 0.15) is 0 Å². The normalized spacial score (nSPS) is 16.9. The molecule has 0 amide bonds. The number of pyridine rings is 1. The first kappa shape index (κ1) is 24.6. The predicted octanol–water partition coefficient (Wildman–Crippen LogP) is 4.70. The van der Waals surface area contributed by atoms with E-state index in [1.807, 2.05) is 12.1 Å². The van der Waals surface area contributed by atoms with Crippen LogP contribution in [0, 0.1) is 6.92 Å². The van der Waals surface area contributed by atoms with Gasteiger partial charge in [-0.3, -0.25) is 4.79 Å². The Morgan fingerprint density at radius 1 is 1.14 bits per heavy atom. The van der Waals surface area contributed by atoms with E-state index >= 15 is 0 Å². The number of anilines is 1. The van der Waals surface area contributed by atoms with Crippen LogP contribution in [-0.4, -0.2) is 69.0 Å². The van der Waals surface area contributed by atoms with Gasteiger partial charge < -0.3 is 29.2 Å². The molecule has 0 bridgehead atoms. The minimum absolute atomic E-state index is 0.240. The summed E-state index contributed by atoms with van der Waals surface area (Å²) in [5.41, 5.74) is 3.57. The van der Waals surface area contributed by atoms with Crippen molar-refractivity contribution in [3.8, 4) is 17.2 Å². The molecule has 0 atom stereocenters. The second-order valence-electron chi connectivity index (χ2n) is 9.63. The maximum Gasteiger partial charge on any atom is 0.298 e. The molecule has 192 valence electrons. The van der Waals surface area contributed by atoms with Crippen molar-refractivity contribution < 1.29 is 23.7 Å². The minimum Gasteiger partial charge on any atom is -0.490 e. The number of hydrogen-bond donors (Lipinski definition) is 1. The first-order valence-corrected chi connectivity index (χ1v) is 12.9. The summed E-state index contributed by atoms with van der Waals surface area (Å²) in [4.78, 5) is 19.0. The van der Waals surface area contributed by atoms with Gasteiger partial charge in [-0.05, 0) is 64.3 Å². The average molecular weight is 494 g/mol. The molecule has 3 heterocycles. The second kappa shape index (κ2) is 11.3. The number of aromatic nitrogens is 1. The molecule has 0 saturated carbocycles. The van der Waals surface area contributed by atoms with Crippen molar-refractivity contribution in [3.05, 3.63) is 29.8 Å². The van der Waals surface area contributed by atoms with Crippen LogP contribution in [0.15, 0.2) is 24.3 Å². The fourth-order valence-corrected chi connectivity index (χ4v) is 5.28. The number of fused-ring (bicyclic) bond motifs is 2. The van der Waals surface area contributed by atoms with Crippen LogP contribution in [0.4, 0.5) is 5.69 Å². The molecule has 8 heteroatoms. The van der Waals surface area contributed by atoms with Crippen molar-refractivity contribution in [1.29, 1.82) is 0 Å². The summed E-state index contributed by atoms with van der Waals surface area (Å²) in [5.74, 6) is 1.25. The summed E-state index contributed by atoms with van der Waals surface area (Å²) in [7, 11) is 1.57. The number of nitrogens with zero attached hydrogens (tertiary/aromatic N) is 2. The zero-order valence-electron chi connectivity index (χ0n) is 21.2. The van der Waals surface area contributed by atoms with E-state index in [0.717, 1.165) is 61.1 Å². The molecule has 0 radical (unpaired) electrons. The highest BCUT2D eigenvalue weighted by Crippen LogP contribution is 2.48. The van der Waals surface area contributed by atoms with Crippen molar-refractivity contribution in [2.75, 3.05) is 51.9 Å². The highest BCUT2D eigenvalue weighted by molar-refractivity contribution is 6.12. The minimum atomic E-state index is 0.240. The monoisotopic (exact) mass is 493 g/mol. The molecule has 2 saturated heterocycles. The Balaban J connectivity index is 1.57. The van der Waals surface area contributed by atoms with Crippen LogP contribution in [0.1, 0.15) is 37.7 Å². The van der Waals surface area contributed by atoms with Gasteiger partial charge in [0.2, 0.25) is 5.75 Å². The summed E-state index contributed by atoms with van der Waals surface area (Å²) in [6, 6.07) is 8.34. The molecular weight excluding hydrogens is 458 g/mol. The second-order valence-corrected chi connectivity index (χ2v) is 9.63. The largest absolute Gasteiger partial charge is 0.490 e. The summed E-state index contributed by atoms with van der Waals surface area (Å²) in [6.07, 6.45) is 5.25. The fraction of sp³-hybridized carbons (Fsp3) is 0.500. The number of rotatable bonds is 10. The third-order valence-electron chi connectivity index (χ3n) is 7.11. The quantitative estimate of drug-likeness (QED) is 0.247. The summed E-state index contributed by atoms with van der Waals surface area (Å²) in [6.45, 7) is 7.81. The van der Waals surface area contributed by atoms with Gasteiger partial charge in [0.15, 0.2) is 11.5 Å². The van der Waals surface area contributed by atoms with Gasteiger partial charge in [-0.15, -0.1) is 0 Å². The van der Waals surface area contributed by atoms with Crippen molar-refractivity contribution >= 4 is 34.0 Å². The van der Waals surface area contributed by atoms with Crippen molar-refractivity contribution in [3.63, 3.8) is 0 Å². The van der Waals surface area contributed by atoms with E-state index < -0.39 is 0 Å². The molecule has 1 aromatic heterocycles. The summed E-state index contributed by atoms with van der Waals surface area (Å²) in [5, 5.41) is 5.42. The first-order valence-electron chi connectivity index (χ1n) is 12.9. The number of carbonyl (C=O) groups is 1. The number of ether oxygens (including phenoxy) is 4. The Labute approximate surface area is 211 Å². The molecule has 5 rings (SSSR count). The molecule has 3 aromatic rings. The highest BCUT2D eigenvalue weighted by Gasteiger charge is 2.25. The average Bonchev–Trinajstić information content (AvgIpc) is 3.41. The van der Waals surface area contributed by atoms with E-state index in [1.54, 1.807) is 7.11 Å². The van der Waals surface area contributed by atoms with E-state index in [4.69, 9.17) is 23.9 Å². The Morgan fingerprint density at radius 2 is 1.94 bits per heavy atom. The molecule has 2 fully saturated rings. The molecule has 1 N–H and O–H groups in total. The Kier molecular flexibility index (Phi) is 7.72. The fourth-order valence-electron chi connectivity index (χ4n) is 5.28. The van der Waals surface area contributed by atoms with Crippen LogP contribution < -0.4 is 19.5 Å². The topological polar surface area (TPSA) is 82.2 Å². The maximum atomic E-state index is 11.6. The molecule has 0 unspecified atom stereocenters. The zero-order valence-corrected chi connectivity index (χ0v) is 21.2. The van der Waals surface area contributed by atoms with E-state index in [2.05, 4.69) is 29.3 Å². The molecular formula is C28H35N3O5. The van der Waals surface area contributed by atoms with Gasteiger partial charge in [0.05, 0.1) is 35.8 Å². The van der Waals surface area contributed by atoms with E-state index in [0.29, 0.717) is 54.4 Å². The van der Waals surface area contributed by atoms with Crippen LogP contribution in [0.5, 0.6) is 17.2 Å². The lowest BCUT2D eigenvalue weighted by Gasteiger charge is -2.26. The number of aryl methyl sites for hydroxylation is 1. The number of benzene rings is 2. The molecule has 0 spiro atoms. The standard InChI is InChI=1S/C28H35N3O5/c1-19-6-7-22-21(16-19)26(29-20-8-14-34-15-9-20)25-23(30-22)17-24(27(33-2)28(25)36-18-32)35-13-5-12-31-10-3-4-11-31/h6-7,16-18,20H,3-5,8-15H2,1-2H3,(H,29,30). The smallest absolute Gasteiger partial charge is 0.298 e. The van der Waals surface area contributed by atoms with Crippen LogP contribution in [-0.2, 0) is 9.53 Å². The highest BCUT2D eigenvalue weighted by atomic mass is 16.6. The Morgan fingerprint density at radius 3 is 2.69 bits per heavy atom. The molecule has 0 aliphatic carbocycles. The van der Waals surface area contributed by atoms with Crippen molar-refractivity contribution in [2.45, 2.75) is 45.1 Å². The van der Waals surface area contributed by atoms with Gasteiger partial charge in [0, 0.05) is 37.3 Å². The summed E-state index contributed by atoms with van der Waals surface area (Å²) < 4.78 is 23.1. The van der Waals surface area contributed by atoms with E-state index in [-0.39, 0.29) is 6.04 Å². The lowest BCUT2D eigenvalue weighted by Crippen LogP contribution is -2.28. The molecule has 36 heavy (non-hydrogen) atoms. The van der Waals surface area contributed by atoms with Crippen LogP contribution >= 0.6 is 0 Å². The SMILES string of the molecule is COc1c(OCCCN2CCCC2)cc2nc3ccc(C)cc3c(NC3CCOCC3)c2c1OC=O. The van der Waals surface area contributed by atoms with Crippen LogP contribution in [0.2, 0.25) is 0 Å². The zero-order chi connectivity index (χ0) is 24.9. The predicted molar refractivity (Wildman–Crippen MR) is 140 cm³/mol. The Hall–Kier alpha value is -3.10. The molecule has 2 aromatic carbocycles.